The van der Waals surface area contributed by atoms with E-state index in [4.69, 9.17) is 0 Å². The Morgan fingerprint density at radius 2 is 1.84 bits per heavy atom. The Kier molecular flexibility index (Phi) is 8.71. The van der Waals surface area contributed by atoms with E-state index < -0.39 is 0 Å². The molecule has 0 atom stereocenters. The summed E-state index contributed by atoms with van der Waals surface area (Å²) in [6, 6.07) is 1.86. The molecule has 1 N–H and O–H groups in total. The van der Waals surface area contributed by atoms with E-state index in [1.54, 1.807) is 12.4 Å². The summed E-state index contributed by atoms with van der Waals surface area (Å²) >= 11 is 0. The van der Waals surface area contributed by atoms with Gasteiger partial charge in [0.2, 0.25) is 5.95 Å². The average Bonchev–Trinajstić information content (AvgIpc) is 3.16. The fourth-order valence-corrected chi connectivity index (χ4v) is 3.80. The van der Waals surface area contributed by atoms with Gasteiger partial charge in [0, 0.05) is 52.2 Å². The number of aliphatic imine (C=N–C) groups is 1. The standard InChI is InChI=1S/C18H30N6.HI/c1-19-17(20-9-4-8-16-6-2-3-7-16)23-12-14-24(15-13-23)18-21-10-5-11-22-18;/h5,10-11,16H,2-4,6-9,12-15H2,1H3,(H,19,20);1H. The van der Waals surface area contributed by atoms with Crippen molar-refractivity contribution in [3.05, 3.63) is 18.5 Å². The Bertz CT molecular complexity index is 510. The number of hydrogen-bond donors (Lipinski definition) is 1. The molecule has 0 amide bonds. The number of aromatic nitrogens is 2. The third-order valence-electron chi connectivity index (χ3n) is 5.17. The summed E-state index contributed by atoms with van der Waals surface area (Å²) in [5, 5.41) is 3.54. The van der Waals surface area contributed by atoms with Gasteiger partial charge in [-0.25, -0.2) is 9.97 Å². The number of halogens is 1. The van der Waals surface area contributed by atoms with Gasteiger partial charge in [-0.15, -0.1) is 24.0 Å². The van der Waals surface area contributed by atoms with Crippen LogP contribution in [0.4, 0.5) is 5.95 Å². The number of anilines is 1. The molecule has 0 bridgehead atoms. The molecule has 1 saturated carbocycles. The molecule has 0 radical (unpaired) electrons. The summed E-state index contributed by atoms with van der Waals surface area (Å²) in [6.07, 6.45) is 12.0. The van der Waals surface area contributed by atoms with Crippen molar-refractivity contribution in [2.24, 2.45) is 10.9 Å². The molecule has 3 rings (SSSR count). The lowest BCUT2D eigenvalue weighted by molar-refractivity contribution is 0.368. The van der Waals surface area contributed by atoms with E-state index in [2.05, 4.69) is 30.1 Å². The molecule has 25 heavy (non-hydrogen) atoms. The highest BCUT2D eigenvalue weighted by atomic mass is 127. The van der Waals surface area contributed by atoms with Crippen LogP contribution in [0.5, 0.6) is 0 Å². The molecule has 2 aliphatic rings. The van der Waals surface area contributed by atoms with Gasteiger partial charge in [-0.2, -0.15) is 0 Å². The smallest absolute Gasteiger partial charge is 0.225 e. The topological polar surface area (TPSA) is 56.7 Å². The molecule has 0 aromatic carbocycles. The first-order valence-electron chi connectivity index (χ1n) is 9.34. The van der Waals surface area contributed by atoms with Crippen molar-refractivity contribution in [3.8, 4) is 0 Å². The predicted octanol–water partition coefficient (Wildman–Crippen LogP) is 2.76. The van der Waals surface area contributed by atoms with Crippen molar-refractivity contribution in [2.75, 3.05) is 44.7 Å². The fourth-order valence-electron chi connectivity index (χ4n) is 3.80. The SMILES string of the molecule is CN=C(NCCCC1CCCC1)N1CCN(c2ncccn2)CC1.I. The monoisotopic (exact) mass is 458 g/mol. The minimum atomic E-state index is 0. The van der Waals surface area contributed by atoms with Crippen LogP contribution in [-0.4, -0.2) is 60.6 Å². The van der Waals surface area contributed by atoms with Crippen LogP contribution in [0.25, 0.3) is 0 Å². The lowest BCUT2D eigenvalue weighted by Gasteiger charge is -2.36. The van der Waals surface area contributed by atoms with Gasteiger partial charge in [0.1, 0.15) is 0 Å². The molecule has 0 unspecified atom stereocenters. The molecule has 2 fully saturated rings. The van der Waals surface area contributed by atoms with Gasteiger partial charge >= 0.3 is 0 Å². The van der Waals surface area contributed by atoms with Gasteiger partial charge in [0.15, 0.2) is 5.96 Å². The maximum atomic E-state index is 4.46. The molecule has 140 valence electrons. The number of guanidine groups is 1. The summed E-state index contributed by atoms with van der Waals surface area (Å²) in [5.41, 5.74) is 0. The third-order valence-corrected chi connectivity index (χ3v) is 5.17. The van der Waals surface area contributed by atoms with Gasteiger partial charge in [-0.1, -0.05) is 25.7 Å². The minimum absolute atomic E-state index is 0. The van der Waals surface area contributed by atoms with Gasteiger partial charge in [0.25, 0.3) is 0 Å². The lowest BCUT2D eigenvalue weighted by Crippen LogP contribution is -2.53. The predicted molar refractivity (Wildman–Crippen MR) is 114 cm³/mol. The first-order valence-corrected chi connectivity index (χ1v) is 9.34. The summed E-state index contributed by atoms with van der Waals surface area (Å²) in [5.74, 6) is 2.84. The number of hydrogen-bond acceptors (Lipinski definition) is 4. The maximum absolute atomic E-state index is 4.46. The molecule has 1 aromatic heterocycles. The summed E-state index contributed by atoms with van der Waals surface area (Å²) in [7, 11) is 1.88. The van der Waals surface area contributed by atoms with Gasteiger partial charge in [-0.3, -0.25) is 4.99 Å². The van der Waals surface area contributed by atoms with Gasteiger partial charge < -0.3 is 15.1 Å². The molecule has 0 spiro atoms. The Hall–Kier alpha value is -1.12. The van der Waals surface area contributed by atoms with Crippen LogP contribution >= 0.6 is 24.0 Å². The first-order chi connectivity index (χ1) is 11.9. The second kappa shape index (κ2) is 10.8. The van der Waals surface area contributed by atoms with Crippen LogP contribution in [-0.2, 0) is 0 Å². The van der Waals surface area contributed by atoms with E-state index in [9.17, 15) is 0 Å². The quantitative estimate of drug-likeness (QED) is 0.318. The molecule has 1 saturated heterocycles. The number of piperazine rings is 1. The Balaban J connectivity index is 0.00000225. The van der Waals surface area contributed by atoms with E-state index >= 15 is 0 Å². The van der Waals surface area contributed by atoms with Crippen LogP contribution in [0.1, 0.15) is 38.5 Å². The van der Waals surface area contributed by atoms with Gasteiger partial charge in [0.05, 0.1) is 0 Å². The second-order valence-corrected chi connectivity index (χ2v) is 6.79. The van der Waals surface area contributed by atoms with E-state index in [1.807, 2.05) is 13.1 Å². The molecular weight excluding hydrogens is 427 g/mol. The van der Waals surface area contributed by atoms with Crippen molar-refractivity contribution in [3.63, 3.8) is 0 Å². The summed E-state index contributed by atoms with van der Waals surface area (Å²) in [4.78, 5) is 17.7. The normalized spacial score (nSPS) is 19.0. The van der Waals surface area contributed by atoms with Crippen molar-refractivity contribution in [1.82, 2.24) is 20.2 Å². The molecule has 1 aliphatic heterocycles. The van der Waals surface area contributed by atoms with Crippen LogP contribution in [0.15, 0.2) is 23.5 Å². The van der Waals surface area contributed by atoms with Crippen molar-refractivity contribution in [1.29, 1.82) is 0 Å². The molecule has 7 heteroatoms. The Morgan fingerprint density at radius 3 is 2.48 bits per heavy atom. The van der Waals surface area contributed by atoms with Crippen LogP contribution in [0.3, 0.4) is 0 Å². The molecule has 6 nitrogen and oxygen atoms in total. The summed E-state index contributed by atoms with van der Waals surface area (Å²) < 4.78 is 0. The highest BCUT2D eigenvalue weighted by Crippen LogP contribution is 2.28. The number of nitrogens with zero attached hydrogens (tertiary/aromatic N) is 5. The zero-order valence-corrected chi connectivity index (χ0v) is 17.6. The highest BCUT2D eigenvalue weighted by molar-refractivity contribution is 14.0. The molecular formula is C18H31IN6. The average molecular weight is 458 g/mol. The second-order valence-electron chi connectivity index (χ2n) is 6.79. The molecule has 1 aliphatic carbocycles. The fraction of sp³-hybridized carbons (Fsp3) is 0.722. The zero-order valence-electron chi connectivity index (χ0n) is 15.2. The molecule has 1 aromatic rings. The zero-order chi connectivity index (χ0) is 16.6. The Labute approximate surface area is 168 Å². The maximum Gasteiger partial charge on any atom is 0.225 e. The van der Waals surface area contributed by atoms with Crippen LogP contribution in [0.2, 0.25) is 0 Å². The van der Waals surface area contributed by atoms with E-state index in [1.165, 1.54) is 38.5 Å². The minimum Gasteiger partial charge on any atom is -0.356 e. The lowest BCUT2D eigenvalue weighted by atomic mass is 10.0. The van der Waals surface area contributed by atoms with E-state index in [0.29, 0.717) is 0 Å². The molecule has 2 heterocycles. The first kappa shape index (κ1) is 20.2. The van der Waals surface area contributed by atoms with E-state index in [-0.39, 0.29) is 24.0 Å². The number of nitrogens with one attached hydrogen (secondary N) is 1. The highest BCUT2D eigenvalue weighted by Gasteiger charge is 2.21. The van der Waals surface area contributed by atoms with E-state index in [0.717, 1.165) is 50.5 Å². The Morgan fingerprint density at radius 1 is 1.16 bits per heavy atom. The van der Waals surface area contributed by atoms with Crippen LogP contribution in [0, 0.1) is 5.92 Å². The summed E-state index contributed by atoms with van der Waals surface area (Å²) in [6.45, 7) is 4.83. The number of rotatable bonds is 5. The van der Waals surface area contributed by atoms with Gasteiger partial charge in [-0.05, 0) is 24.8 Å². The third kappa shape index (κ3) is 5.97. The van der Waals surface area contributed by atoms with Crippen molar-refractivity contribution >= 4 is 35.9 Å². The largest absolute Gasteiger partial charge is 0.356 e. The van der Waals surface area contributed by atoms with Crippen LogP contribution < -0.4 is 10.2 Å². The van der Waals surface area contributed by atoms with Crippen molar-refractivity contribution in [2.45, 2.75) is 38.5 Å². The van der Waals surface area contributed by atoms with Crippen molar-refractivity contribution < 1.29 is 0 Å².